The molecule has 0 radical (unpaired) electrons. The van der Waals surface area contributed by atoms with Crippen LogP contribution in [0.25, 0.3) is 0 Å². The Labute approximate surface area is 155 Å². The maximum atomic E-state index is 12.2. The number of rotatable bonds is 5. The first kappa shape index (κ1) is 17.0. The number of fused-ring (bicyclic) bond motifs is 1. The minimum atomic E-state index is -0.126. The Kier molecular flexibility index (Phi) is 4.83. The molecule has 1 amide bonds. The summed E-state index contributed by atoms with van der Waals surface area (Å²) in [7, 11) is 0. The zero-order chi connectivity index (χ0) is 17.9. The van der Waals surface area contributed by atoms with Crippen molar-refractivity contribution in [3.05, 3.63) is 53.1 Å². The lowest BCUT2D eigenvalue weighted by Gasteiger charge is -2.20. The van der Waals surface area contributed by atoms with E-state index < -0.39 is 0 Å². The second-order valence-electron chi connectivity index (χ2n) is 7.32. The van der Waals surface area contributed by atoms with Gasteiger partial charge in [0, 0.05) is 24.5 Å². The number of nitrogens with zero attached hydrogens (tertiary/aromatic N) is 1. The molecule has 26 heavy (non-hydrogen) atoms. The Morgan fingerprint density at radius 2 is 1.85 bits per heavy atom. The molecule has 136 valence electrons. The fourth-order valence-electron chi connectivity index (χ4n) is 4.03. The lowest BCUT2D eigenvalue weighted by molar-refractivity contribution is -0.118. The second-order valence-corrected chi connectivity index (χ2v) is 7.32. The highest BCUT2D eigenvalue weighted by molar-refractivity contribution is 5.92. The number of aryl methyl sites for hydroxylation is 3. The number of carbonyl (C=O) groups excluding carboxylic acids is 1. The first-order valence-corrected chi connectivity index (χ1v) is 9.59. The van der Waals surface area contributed by atoms with Crippen LogP contribution >= 0.6 is 0 Å². The van der Waals surface area contributed by atoms with Crippen molar-refractivity contribution in [3.63, 3.8) is 0 Å². The van der Waals surface area contributed by atoms with Crippen molar-refractivity contribution >= 4 is 17.3 Å². The minimum absolute atomic E-state index is 0.0334. The number of nitrogens with one attached hydrogen (secondary N) is 1. The van der Waals surface area contributed by atoms with Crippen LogP contribution in [0, 0.1) is 6.92 Å². The molecule has 0 saturated carbocycles. The van der Waals surface area contributed by atoms with E-state index in [0.29, 0.717) is 0 Å². The van der Waals surface area contributed by atoms with Crippen LogP contribution in [0.3, 0.4) is 0 Å². The lowest BCUT2D eigenvalue weighted by Crippen LogP contribution is -2.21. The number of ether oxygens (including phenoxy) is 1. The summed E-state index contributed by atoms with van der Waals surface area (Å²) in [5.74, 6) is 0.653. The molecule has 1 aliphatic heterocycles. The van der Waals surface area contributed by atoms with Gasteiger partial charge in [0.05, 0.1) is 0 Å². The predicted molar refractivity (Wildman–Crippen MR) is 105 cm³/mol. The maximum Gasteiger partial charge on any atom is 0.262 e. The summed E-state index contributed by atoms with van der Waals surface area (Å²) in [6, 6.07) is 12.3. The Balaban J connectivity index is 1.33. The van der Waals surface area contributed by atoms with Crippen LogP contribution in [0.5, 0.6) is 5.75 Å². The van der Waals surface area contributed by atoms with E-state index in [2.05, 4.69) is 35.3 Å². The van der Waals surface area contributed by atoms with Gasteiger partial charge in [-0.1, -0.05) is 6.07 Å². The maximum absolute atomic E-state index is 12.2. The van der Waals surface area contributed by atoms with Crippen molar-refractivity contribution < 1.29 is 9.53 Å². The summed E-state index contributed by atoms with van der Waals surface area (Å²) in [5.41, 5.74) is 6.07. The fraction of sp³-hybridized carbons (Fsp3) is 0.409. The van der Waals surface area contributed by atoms with Crippen molar-refractivity contribution in [1.29, 1.82) is 0 Å². The first-order chi connectivity index (χ1) is 12.7. The molecule has 0 atom stereocenters. The van der Waals surface area contributed by atoms with Gasteiger partial charge < -0.3 is 15.0 Å². The van der Waals surface area contributed by atoms with Gasteiger partial charge in [0.1, 0.15) is 5.75 Å². The van der Waals surface area contributed by atoms with Gasteiger partial charge >= 0.3 is 0 Å². The Morgan fingerprint density at radius 3 is 2.65 bits per heavy atom. The third-order valence-corrected chi connectivity index (χ3v) is 5.37. The van der Waals surface area contributed by atoms with E-state index in [9.17, 15) is 4.79 Å². The molecular formula is C22H26N2O2. The number of benzene rings is 2. The third kappa shape index (κ3) is 3.69. The lowest BCUT2D eigenvalue weighted by atomic mass is 10.1. The average molecular weight is 350 g/mol. The highest BCUT2D eigenvalue weighted by Gasteiger charge is 2.15. The molecular weight excluding hydrogens is 324 g/mol. The van der Waals surface area contributed by atoms with Crippen LogP contribution < -0.4 is 15.0 Å². The van der Waals surface area contributed by atoms with Crippen molar-refractivity contribution in [2.45, 2.75) is 39.0 Å². The highest BCUT2D eigenvalue weighted by atomic mass is 16.5. The number of amides is 1. The Bertz CT molecular complexity index is 810. The molecule has 1 saturated heterocycles. The molecule has 4 rings (SSSR count). The molecule has 1 fully saturated rings. The molecule has 2 aromatic carbocycles. The van der Waals surface area contributed by atoms with Gasteiger partial charge in [-0.15, -0.1) is 0 Å². The van der Waals surface area contributed by atoms with Crippen LogP contribution in [0.2, 0.25) is 0 Å². The second kappa shape index (κ2) is 7.40. The summed E-state index contributed by atoms with van der Waals surface area (Å²) < 4.78 is 5.68. The zero-order valence-corrected chi connectivity index (χ0v) is 15.4. The van der Waals surface area contributed by atoms with E-state index in [0.717, 1.165) is 37.4 Å². The summed E-state index contributed by atoms with van der Waals surface area (Å²) in [4.78, 5) is 14.6. The van der Waals surface area contributed by atoms with Gasteiger partial charge in [0.25, 0.3) is 5.91 Å². The molecule has 0 aromatic heterocycles. The van der Waals surface area contributed by atoms with Crippen molar-refractivity contribution in [1.82, 2.24) is 0 Å². The SMILES string of the molecule is Cc1cc(NC(=O)COc2ccc3c(c2)CCC3)ccc1N1CCCC1. The Hall–Kier alpha value is -2.49. The van der Waals surface area contributed by atoms with Crippen LogP contribution in [-0.4, -0.2) is 25.6 Å². The number of carbonyl (C=O) groups is 1. The quantitative estimate of drug-likeness (QED) is 0.883. The largest absolute Gasteiger partial charge is 0.484 e. The standard InChI is InChI=1S/C22H26N2O2/c1-16-13-19(8-10-21(16)24-11-2-3-12-24)23-22(25)15-26-20-9-7-17-5-4-6-18(17)14-20/h7-10,13-14H,2-6,11-12,15H2,1H3,(H,23,25). The van der Waals surface area contributed by atoms with Crippen LogP contribution in [0.15, 0.2) is 36.4 Å². The van der Waals surface area contributed by atoms with Gasteiger partial charge in [-0.25, -0.2) is 0 Å². The molecule has 4 heteroatoms. The molecule has 2 aromatic rings. The smallest absolute Gasteiger partial charge is 0.262 e. The van der Waals surface area contributed by atoms with Crippen LogP contribution in [0.4, 0.5) is 11.4 Å². The summed E-state index contributed by atoms with van der Waals surface area (Å²) in [5, 5.41) is 2.94. The van der Waals surface area contributed by atoms with Gasteiger partial charge in [0.2, 0.25) is 0 Å². The number of anilines is 2. The highest BCUT2D eigenvalue weighted by Crippen LogP contribution is 2.27. The fourth-order valence-corrected chi connectivity index (χ4v) is 4.03. The predicted octanol–water partition coefficient (Wildman–Crippen LogP) is 4.10. The minimum Gasteiger partial charge on any atom is -0.484 e. The van der Waals surface area contributed by atoms with E-state index in [1.165, 1.54) is 41.6 Å². The Morgan fingerprint density at radius 1 is 1.04 bits per heavy atom. The molecule has 1 heterocycles. The van der Waals surface area contributed by atoms with Crippen LogP contribution in [0.1, 0.15) is 36.0 Å². The monoisotopic (exact) mass is 350 g/mol. The van der Waals surface area contributed by atoms with Crippen molar-refractivity contribution in [3.8, 4) is 5.75 Å². The molecule has 4 nitrogen and oxygen atoms in total. The molecule has 0 spiro atoms. The number of hydrogen-bond acceptors (Lipinski definition) is 3. The number of hydrogen-bond donors (Lipinski definition) is 1. The third-order valence-electron chi connectivity index (χ3n) is 5.37. The van der Waals surface area contributed by atoms with E-state index >= 15 is 0 Å². The van der Waals surface area contributed by atoms with Gasteiger partial charge in [0.15, 0.2) is 6.61 Å². The molecule has 1 N–H and O–H groups in total. The van der Waals surface area contributed by atoms with E-state index in [1.807, 2.05) is 18.2 Å². The normalized spacial score (nSPS) is 15.8. The van der Waals surface area contributed by atoms with Gasteiger partial charge in [-0.2, -0.15) is 0 Å². The summed E-state index contributed by atoms with van der Waals surface area (Å²) >= 11 is 0. The van der Waals surface area contributed by atoms with Gasteiger partial charge in [-0.05, 0) is 86.1 Å². The molecule has 2 aliphatic rings. The zero-order valence-electron chi connectivity index (χ0n) is 15.4. The van der Waals surface area contributed by atoms with Crippen molar-refractivity contribution in [2.24, 2.45) is 0 Å². The first-order valence-electron chi connectivity index (χ1n) is 9.59. The molecule has 0 bridgehead atoms. The van der Waals surface area contributed by atoms with Crippen LogP contribution in [-0.2, 0) is 17.6 Å². The van der Waals surface area contributed by atoms with E-state index in [-0.39, 0.29) is 12.5 Å². The molecule has 1 aliphatic carbocycles. The topological polar surface area (TPSA) is 41.6 Å². The summed E-state index contributed by atoms with van der Waals surface area (Å²) in [6.07, 6.45) is 6.01. The van der Waals surface area contributed by atoms with E-state index in [1.54, 1.807) is 0 Å². The average Bonchev–Trinajstić information content (AvgIpc) is 3.31. The van der Waals surface area contributed by atoms with Crippen molar-refractivity contribution in [2.75, 3.05) is 29.9 Å². The van der Waals surface area contributed by atoms with E-state index in [4.69, 9.17) is 4.74 Å². The van der Waals surface area contributed by atoms with Gasteiger partial charge in [-0.3, -0.25) is 4.79 Å². The summed E-state index contributed by atoms with van der Waals surface area (Å²) in [6.45, 7) is 4.39. The molecule has 0 unspecified atom stereocenters.